The number of benzene rings is 2. The minimum Gasteiger partial charge on any atom is -0.496 e. The lowest BCUT2D eigenvalue weighted by molar-refractivity contribution is 0.0975. The van der Waals surface area contributed by atoms with E-state index in [0.29, 0.717) is 16.3 Å². The van der Waals surface area contributed by atoms with Crippen LogP contribution in [0, 0.1) is 0 Å². The van der Waals surface area contributed by atoms with Gasteiger partial charge in [0.1, 0.15) is 5.75 Å². The Labute approximate surface area is 169 Å². The van der Waals surface area contributed by atoms with Gasteiger partial charge in [-0.15, -0.1) is 0 Å². The highest BCUT2D eigenvalue weighted by atomic mass is 35.5. The molecule has 0 atom stereocenters. The Morgan fingerprint density at radius 3 is 2.63 bits per heavy atom. The first kappa shape index (κ1) is 19.5. The Hall–Kier alpha value is -2.31. The summed E-state index contributed by atoms with van der Waals surface area (Å²) in [7, 11) is 1.51. The summed E-state index contributed by atoms with van der Waals surface area (Å²) in [6, 6.07) is 12.9. The minimum atomic E-state index is -0.373. The number of thiocarbonyl (C=S) groups is 1. The van der Waals surface area contributed by atoms with E-state index in [9.17, 15) is 4.79 Å². The summed E-state index contributed by atoms with van der Waals surface area (Å²) in [5.74, 6) is 0.0655. The standard InChI is InChI=1S/C20H22ClN3O2S/c1-26-18-10-9-14(21)13-15(18)19(25)23-20(27)22-16-7-3-4-8-17(16)24-11-5-2-6-12-24/h3-4,7-10,13H,2,5-6,11-12H2,1H3,(H2,22,23,25,27). The van der Waals surface area contributed by atoms with Gasteiger partial charge in [-0.25, -0.2) is 0 Å². The van der Waals surface area contributed by atoms with Crippen LogP contribution in [0.15, 0.2) is 42.5 Å². The van der Waals surface area contributed by atoms with Gasteiger partial charge in [0.05, 0.1) is 24.0 Å². The van der Waals surface area contributed by atoms with Crippen molar-refractivity contribution in [2.75, 3.05) is 30.4 Å². The molecule has 5 nitrogen and oxygen atoms in total. The van der Waals surface area contributed by atoms with Gasteiger partial charge in [-0.1, -0.05) is 23.7 Å². The van der Waals surface area contributed by atoms with E-state index < -0.39 is 0 Å². The van der Waals surface area contributed by atoms with Gasteiger partial charge in [-0.3, -0.25) is 10.1 Å². The molecule has 0 radical (unpaired) electrons. The normalized spacial score (nSPS) is 13.8. The number of nitrogens with one attached hydrogen (secondary N) is 2. The molecule has 0 aliphatic carbocycles. The molecule has 0 saturated carbocycles. The summed E-state index contributed by atoms with van der Waals surface area (Å²) in [5, 5.41) is 6.53. The second kappa shape index (κ2) is 9.06. The highest BCUT2D eigenvalue weighted by Gasteiger charge is 2.17. The maximum atomic E-state index is 12.6. The number of carbonyl (C=O) groups excluding carboxylic acids is 1. The number of hydrogen-bond donors (Lipinski definition) is 2. The van der Waals surface area contributed by atoms with Crippen LogP contribution in [0.1, 0.15) is 29.6 Å². The Balaban J connectivity index is 1.71. The number of hydrogen-bond acceptors (Lipinski definition) is 4. The molecule has 1 aliphatic rings. The van der Waals surface area contributed by atoms with E-state index in [1.807, 2.05) is 18.2 Å². The average Bonchev–Trinajstić information content (AvgIpc) is 2.69. The highest BCUT2D eigenvalue weighted by molar-refractivity contribution is 7.80. The van der Waals surface area contributed by atoms with Crippen molar-refractivity contribution in [3.05, 3.63) is 53.1 Å². The highest BCUT2D eigenvalue weighted by Crippen LogP contribution is 2.28. The molecule has 1 saturated heterocycles. The third-order valence-electron chi connectivity index (χ3n) is 4.48. The molecule has 7 heteroatoms. The van der Waals surface area contributed by atoms with Crippen molar-refractivity contribution in [1.29, 1.82) is 0 Å². The predicted molar refractivity (Wildman–Crippen MR) is 114 cm³/mol. The predicted octanol–water partition coefficient (Wildman–Crippen LogP) is 4.47. The number of rotatable bonds is 4. The number of methoxy groups -OCH3 is 1. The lowest BCUT2D eigenvalue weighted by Gasteiger charge is -2.30. The maximum absolute atomic E-state index is 12.6. The van der Waals surface area contributed by atoms with Crippen LogP contribution in [-0.4, -0.2) is 31.2 Å². The summed E-state index contributed by atoms with van der Waals surface area (Å²) in [6.07, 6.45) is 3.64. The Kier molecular flexibility index (Phi) is 6.53. The van der Waals surface area contributed by atoms with Crippen molar-refractivity contribution in [1.82, 2.24) is 5.32 Å². The van der Waals surface area contributed by atoms with Gasteiger partial charge >= 0.3 is 0 Å². The zero-order valence-electron chi connectivity index (χ0n) is 15.1. The first-order valence-corrected chi connectivity index (χ1v) is 9.67. The Morgan fingerprint density at radius 2 is 1.89 bits per heavy atom. The second-order valence-electron chi connectivity index (χ2n) is 6.32. The van der Waals surface area contributed by atoms with Gasteiger partial charge < -0.3 is 15.0 Å². The van der Waals surface area contributed by atoms with Crippen molar-refractivity contribution >= 4 is 46.2 Å². The van der Waals surface area contributed by atoms with E-state index in [2.05, 4.69) is 21.6 Å². The van der Waals surface area contributed by atoms with E-state index in [1.165, 1.54) is 26.4 Å². The summed E-state index contributed by atoms with van der Waals surface area (Å²) in [6.45, 7) is 2.05. The van der Waals surface area contributed by atoms with E-state index >= 15 is 0 Å². The lowest BCUT2D eigenvalue weighted by Crippen LogP contribution is -2.35. The number of nitrogens with zero attached hydrogens (tertiary/aromatic N) is 1. The molecule has 1 heterocycles. The summed E-state index contributed by atoms with van der Waals surface area (Å²) >= 11 is 11.4. The molecular weight excluding hydrogens is 382 g/mol. The number of anilines is 2. The first-order chi connectivity index (χ1) is 13.1. The molecule has 0 bridgehead atoms. The fraction of sp³-hybridized carbons (Fsp3) is 0.300. The molecule has 2 N–H and O–H groups in total. The van der Waals surface area contributed by atoms with Crippen LogP contribution in [0.5, 0.6) is 5.75 Å². The monoisotopic (exact) mass is 403 g/mol. The SMILES string of the molecule is COc1ccc(Cl)cc1C(=O)NC(=S)Nc1ccccc1N1CCCCC1. The van der Waals surface area contributed by atoms with Crippen molar-refractivity contribution in [3.8, 4) is 5.75 Å². The Bertz CT molecular complexity index is 838. The molecule has 2 aromatic rings. The van der Waals surface area contributed by atoms with Crippen LogP contribution in [0.2, 0.25) is 5.02 Å². The quantitative estimate of drug-likeness (QED) is 0.738. The summed E-state index contributed by atoms with van der Waals surface area (Å²) in [4.78, 5) is 14.9. The molecular formula is C20H22ClN3O2S. The third kappa shape index (κ3) is 4.90. The van der Waals surface area contributed by atoms with Gasteiger partial charge in [0.25, 0.3) is 5.91 Å². The molecule has 0 spiro atoms. The number of carbonyl (C=O) groups is 1. The lowest BCUT2D eigenvalue weighted by atomic mass is 10.1. The van der Waals surface area contributed by atoms with Crippen molar-refractivity contribution < 1.29 is 9.53 Å². The van der Waals surface area contributed by atoms with Crippen LogP contribution in [0.3, 0.4) is 0 Å². The summed E-state index contributed by atoms with van der Waals surface area (Å²) < 4.78 is 5.23. The van der Waals surface area contributed by atoms with Crippen molar-refractivity contribution in [3.63, 3.8) is 0 Å². The topological polar surface area (TPSA) is 53.6 Å². The van der Waals surface area contributed by atoms with Crippen LogP contribution < -0.4 is 20.3 Å². The molecule has 27 heavy (non-hydrogen) atoms. The summed E-state index contributed by atoms with van der Waals surface area (Å²) in [5.41, 5.74) is 2.30. The fourth-order valence-electron chi connectivity index (χ4n) is 3.17. The van der Waals surface area contributed by atoms with Crippen LogP contribution in [0.4, 0.5) is 11.4 Å². The van der Waals surface area contributed by atoms with Gasteiger partial charge in [0.2, 0.25) is 0 Å². The molecule has 1 amide bonds. The average molecular weight is 404 g/mol. The Morgan fingerprint density at radius 1 is 1.15 bits per heavy atom. The zero-order valence-corrected chi connectivity index (χ0v) is 16.7. The molecule has 3 rings (SSSR count). The van der Waals surface area contributed by atoms with E-state index in [0.717, 1.165) is 24.5 Å². The first-order valence-electron chi connectivity index (χ1n) is 8.88. The van der Waals surface area contributed by atoms with Crippen molar-refractivity contribution in [2.45, 2.75) is 19.3 Å². The third-order valence-corrected chi connectivity index (χ3v) is 4.92. The van der Waals surface area contributed by atoms with Gasteiger partial charge in [0, 0.05) is 18.1 Å². The molecule has 1 aliphatic heterocycles. The molecule has 0 aromatic heterocycles. The molecule has 0 unspecified atom stereocenters. The van der Waals surface area contributed by atoms with Gasteiger partial charge in [-0.2, -0.15) is 0 Å². The number of para-hydroxylation sites is 2. The molecule has 1 fully saturated rings. The second-order valence-corrected chi connectivity index (χ2v) is 7.16. The number of halogens is 1. The maximum Gasteiger partial charge on any atom is 0.261 e. The molecule has 142 valence electrons. The van der Waals surface area contributed by atoms with E-state index in [4.69, 9.17) is 28.6 Å². The smallest absolute Gasteiger partial charge is 0.261 e. The number of piperidine rings is 1. The number of ether oxygens (including phenoxy) is 1. The zero-order chi connectivity index (χ0) is 19.2. The van der Waals surface area contributed by atoms with E-state index in [-0.39, 0.29) is 11.0 Å². The van der Waals surface area contributed by atoms with E-state index in [1.54, 1.807) is 18.2 Å². The van der Waals surface area contributed by atoms with Crippen LogP contribution in [0.25, 0.3) is 0 Å². The van der Waals surface area contributed by atoms with Gasteiger partial charge in [-0.05, 0) is 61.8 Å². The van der Waals surface area contributed by atoms with Crippen molar-refractivity contribution in [2.24, 2.45) is 0 Å². The molecule has 2 aromatic carbocycles. The fourth-order valence-corrected chi connectivity index (χ4v) is 3.55. The largest absolute Gasteiger partial charge is 0.496 e. The minimum absolute atomic E-state index is 0.228. The van der Waals surface area contributed by atoms with Crippen LogP contribution in [-0.2, 0) is 0 Å². The number of amides is 1. The van der Waals surface area contributed by atoms with Gasteiger partial charge in [0.15, 0.2) is 5.11 Å². The van der Waals surface area contributed by atoms with Crippen LogP contribution >= 0.6 is 23.8 Å².